The maximum atomic E-state index is 12.5. The number of rotatable bonds is 5. The number of hydrogen-bond acceptors (Lipinski definition) is 7. The number of nitrogens with one attached hydrogen (secondary N) is 1. The lowest BCUT2D eigenvalue weighted by atomic mass is 10.1. The molecular formula is C18H16N6O3. The molecule has 2 aromatic carbocycles. The highest BCUT2D eigenvalue weighted by Gasteiger charge is 2.15. The van der Waals surface area contributed by atoms with E-state index < -0.39 is 0 Å². The summed E-state index contributed by atoms with van der Waals surface area (Å²) in [5, 5.41) is 19.1. The number of nitrogens with zero attached hydrogens (tertiary/aromatic N) is 5. The van der Waals surface area contributed by atoms with Crippen molar-refractivity contribution in [1.29, 1.82) is 0 Å². The van der Waals surface area contributed by atoms with Crippen LogP contribution in [0.5, 0.6) is 5.75 Å². The van der Waals surface area contributed by atoms with Crippen molar-refractivity contribution in [3.8, 4) is 11.4 Å². The summed E-state index contributed by atoms with van der Waals surface area (Å²) in [6.07, 6.45) is 0.0995. The number of aryl methyl sites for hydroxylation is 1. The Morgan fingerprint density at radius 2 is 2.11 bits per heavy atom. The van der Waals surface area contributed by atoms with Gasteiger partial charge in [0.05, 0.1) is 13.5 Å². The van der Waals surface area contributed by atoms with Gasteiger partial charge in [-0.05, 0) is 47.7 Å². The third-order valence-electron chi connectivity index (χ3n) is 4.10. The quantitative estimate of drug-likeness (QED) is 0.579. The Hall–Kier alpha value is -3.75. The van der Waals surface area contributed by atoms with Crippen LogP contribution in [0, 0.1) is 6.92 Å². The van der Waals surface area contributed by atoms with E-state index in [1.807, 2.05) is 24.3 Å². The van der Waals surface area contributed by atoms with Crippen LogP contribution in [-0.4, -0.2) is 38.4 Å². The van der Waals surface area contributed by atoms with E-state index in [4.69, 9.17) is 9.26 Å². The topological polar surface area (TPSA) is 108 Å². The summed E-state index contributed by atoms with van der Waals surface area (Å²) >= 11 is 0. The largest absolute Gasteiger partial charge is 0.494 e. The second-order valence-electron chi connectivity index (χ2n) is 5.87. The molecule has 0 radical (unpaired) electrons. The average molecular weight is 364 g/mol. The first-order valence-electron chi connectivity index (χ1n) is 8.22. The van der Waals surface area contributed by atoms with E-state index in [0.29, 0.717) is 34.2 Å². The number of hydrogen-bond donors (Lipinski definition) is 1. The number of aromatic nitrogens is 5. The van der Waals surface area contributed by atoms with Gasteiger partial charge in [0, 0.05) is 11.1 Å². The molecule has 1 N–H and O–H groups in total. The van der Waals surface area contributed by atoms with Crippen molar-refractivity contribution in [3.05, 3.63) is 54.0 Å². The highest BCUT2D eigenvalue weighted by atomic mass is 16.5. The zero-order chi connectivity index (χ0) is 18.8. The molecule has 0 aliphatic heterocycles. The van der Waals surface area contributed by atoms with Gasteiger partial charge in [-0.3, -0.25) is 4.79 Å². The van der Waals surface area contributed by atoms with Crippen molar-refractivity contribution >= 4 is 22.6 Å². The molecule has 0 spiro atoms. The third kappa shape index (κ3) is 3.22. The molecular weight excluding hydrogens is 348 g/mol. The predicted octanol–water partition coefficient (Wildman–Crippen LogP) is 2.30. The number of methoxy groups -OCH3 is 1. The van der Waals surface area contributed by atoms with Crippen LogP contribution in [0.2, 0.25) is 0 Å². The van der Waals surface area contributed by atoms with E-state index in [-0.39, 0.29) is 12.3 Å². The van der Waals surface area contributed by atoms with Gasteiger partial charge in [0.15, 0.2) is 11.4 Å². The Morgan fingerprint density at radius 1 is 1.26 bits per heavy atom. The van der Waals surface area contributed by atoms with Gasteiger partial charge in [0.25, 0.3) is 0 Å². The molecule has 4 aromatic rings. The minimum absolute atomic E-state index is 0.0995. The fourth-order valence-electron chi connectivity index (χ4n) is 2.81. The van der Waals surface area contributed by atoms with Gasteiger partial charge in [-0.25, -0.2) is 0 Å². The van der Waals surface area contributed by atoms with Crippen LogP contribution >= 0.6 is 0 Å². The molecule has 0 bridgehead atoms. The van der Waals surface area contributed by atoms with Crippen molar-refractivity contribution < 1.29 is 14.1 Å². The fraction of sp³-hybridized carbons (Fsp3) is 0.167. The van der Waals surface area contributed by atoms with Crippen molar-refractivity contribution in [2.45, 2.75) is 13.3 Å². The molecule has 4 rings (SSSR count). The van der Waals surface area contributed by atoms with Crippen molar-refractivity contribution in [1.82, 2.24) is 25.4 Å². The number of carbonyl (C=O) groups is 1. The molecule has 9 nitrogen and oxygen atoms in total. The number of carbonyl (C=O) groups excluding carboxylic acids is 1. The Morgan fingerprint density at radius 3 is 2.89 bits per heavy atom. The van der Waals surface area contributed by atoms with Gasteiger partial charge in [-0.15, -0.1) is 5.10 Å². The summed E-state index contributed by atoms with van der Waals surface area (Å²) in [5.74, 6) is 0.982. The minimum atomic E-state index is -0.210. The molecule has 1 amide bonds. The van der Waals surface area contributed by atoms with Crippen LogP contribution in [0.4, 0.5) is 5.69 Å². The molecule has 0 aliphatic carbocycles. The average Bonchev–Trinajstić information content (AvgIpc) is 3.28. The predicted molar refractivity (Wildman–Crippen MR) is 96.8 cm³/mol. The van der Waals surface area contributed by atoms with Crippen LogP contribution in [-0.2, 0) is 11.2 Å². The number of benzene rings is 2. The van der Waals surface area contributed by atoms with E-state index in [1.54, 1.807) is 36.9 Å². The maximum absolute atomic E-state index is 12.5. The number of amides is 1. The van der Waals surface area contributed by atoms with Crippen LogP contribution in [0.15, 0.2) is 47.0 Å². The number of fused-ring (bicyclic) bond motifs is 1. The van der Waals surface area contributed by atoms with E-state index in [2.05, 4.69) is 26.0 Å². The molecule has 0 atom stereocenters. The fourth-order valence-corrected chi connectivity index (χ4v) is 2.81. The van der Waals surface area contributed by atoms with Crippen LogP contribution in [0.25, 0.3) is 16.7 Å². The number of ether oxygens (including phenoxy) is 1. The second kappa shape index (κ2) is 6.87. The number of tetrazole rings is 1. The molecule has 27 heavy (non-hydrogen) atoms. The Bertz CT molecular complexity index is 1120. The Balaban J connectivity index is 1.57. The molecule has 9 heteroatoms. The summed E-state index contributed by atoms with van der Waals surface area (Å²) in [5.41, 5.74) is 2.47. The van der Waals surface area contributed by atoms with Gasteiger partial charge < -0.3 is 14.6 Å². The van der Waals surface area contributed by atoms with Crippen molar-refractivity contribution in [2.24, 2.45) is 0 Å². The number of para-hydroxylation sites is 1. The highest BCUT2D eigenvalue weighted by Crippen LogP contribution is 2.26. The lowest BCUT2D eigenvalue weighted by Crippen LogP contribution is -2.15. The van der Waals surface area contributed by atoms with E-state index in [9.17, 15) is 4.79 Å². The zero-order valence-electron chi connectivity index (χ0n) is 14.7. The number of anilines is 1. The van der Waals surface area contributed by atoms with Crippen LogP contribution in [0.3, 0.4) is 0 Å². The molecule has 0 unspecified atom stereocenters. The summed E-state index contributed by atoms with van der Waals surface area (Å²) in [6.45, 7) is 1.78. The maximum Gasteiger partial charge on any atom is 0.230 e. The first kappa shape index (κ1) is 16.7. The van der Waals surface area contributed by atoms with Gasteiger partial charge in [0.1, 0.15) is 17.1 Å². The molecule has 0 saturated carbocycles. The Labute approximate surface area is 153 Å². The standard InChI is InChI=1S/C18H16N6O3/c1-11-20-22-23-24(11)15-9-12(7-8-17(15)26-2)19-18(25)10-14-13-5-3-4-6-16(13)27-21-14/h3-9H,10H2,1-2H3,(H,19,25). The normalized spacial score (nSPS) is 10.9. The lowest BCUT2D eigenvalue weighted by molar-refractivity contribution is -0.115. The van der Waals surface area contributed by atoms with Gasteiger partial charge >= 0.3 is 0 Å². The van der Waals surface area contributed by atoms with Gasteiger partial charge in [-0.1, -0.05) is 17.3 Å². The SMILES string of the molecule is COc1ccc(NC(=O)Cc2noc3ccccc23)cc1-n1nnnc1C. The van der Waals surface area contributed by atoms with Gasteiger partial charge in [0.2, 0.25) is 5.91 Å². The van der Waals surface area contributed by atoms with Crippen LogP contribution in [0.1, 0.15) is 11.5 Å². The molecule has 0 saturated heterocycles. The Kier molecular flexibility index (Phi) is 4.25. The first-order valence-corrected chi connectivity index (χ1v) is 8.22. The lowest BCUT2D eigenvalue weighted by Gasteiger charge is -2.11. The molecule has 2 aromatic heterocycles. The van der Waals surface area contributed by atoms with Crippen LogP contribution < -0.4 is 10.1 Å². The van der Waals surface area contributed by atoms with Gasteiger partial charge in [-0.2, -0.15) is 4.68 Å². The van der Waals surface area contributed by atoms with E-state index >= 15 is 0 Å². The van der Waals surface area contributed by atoms with Crippen molar-refractivity contribution in [3.63, 3.8) is 0 Å². The molecule has 2 heterocycles. The summed E-state index contributed by atoms with van der Waals surface area (Å²) < 4.78 is 12.1. The monoisotopic (exact) mass is 364 g/mol. The molecule has 0 aliphatic rings. The molecule has 0 fully saturated rings. The van der Waals surface area contributed by atoms with E-state index in [1.165, 1.54) is 0 Å². The zero-order valence-corrected chi connectivity index (χ0v) is 14.7. The highest BCUT2D eigenvalue weighted by molar-refractivity contribution is 5.95. The smallest absolute Gasteiger partial charge is 0.230 e. The summed E-state index contributed by atoms with van der Waals surface area (Å²) in [6, 6.07) is 12.7. The minimum Gasteiger partial charge on any atom is -0.494 e. The summed E-state index contributed by atoms with van der Waals surface area (Å²) in [7, 11) is 1.56. The van der Waals surface area contributed by atoms with E-state index in [0.717, 1.165) is 5.39 Å². The van der Waals surface area contributed by atoms with Crippen molar-refractivity contribution in [2.75, 3.05) is 12.4 Å². The first-order chi connectivity index (χ1) is 13.2. The second-order valence-corrected chi connectivity index (χ2v) is 5.87. The third-order valence-corrected chi connectivity index (χ3v) is 4.10. The summed E-state index contributed by atoms with van der Waals surface area (Å²) in [4.78, 5) is 12.5. The molecule has 136 valence electrons.